The molecule has 1 aliphatic carbocycles. The Kier molecular flexibility index (Phi) is 1.90. The number of ether oxygens (including phenoxy) is 2. The van der Waals surface area contributed by atoms with Gasteiger partial charge in [0, 0.05) is 13.0 Å². The van der Waals surface area contributed by atoms with Crippen molar-refractivity contribution in [1.82, 2.24) is 0 Å². The lowest BCUT2D eigenvalue weighted by molar-refractivity contribution is -0.223. The Morgan fingerprint density at radius 3 is 3.00 bits per heavy atom. The molecule has 3 heteroatoms. The Bertz CT molecular complexity index is 171. The average Bonchev–Trinajstić information content (AvgIpc) is 2.42. The second kappa shape index (κ2) is 2.69. The number of rotatable bonds is 2. The molecule has 70 valence electrons. The highest BCUT2D eigenvalue weighted by atomic mass is 16.7. The topological polar surface area (TPSA) is 44.5 Å². The molecule has 1 heterocycles. The van der Waals surface area contributed by atoms with Crippen LogP contribution >= 0.6 is 0 Å². The molecule has 12 heavy (non-hydrogen) atoms. The second-order valence-corrected chi connectivity index (χ2v) is 3.79. The molecule has 0 aromatic carbocycles. The van der Waals surface area contributed by atoms with Crippen molar-refractivity contribution in [2.45, 2.75) is 43.9 Å². The normalized spacial score (nSPS) is 46.5. The van der Waals surface area contributed by atoms with Crippen LogP contribution < -0.4 is 5.73 Å². The van der Waals surface area contributed by atoms with Gasteiger partial charge < -0.3 is 15.2 Å². The Morgan fingerprint density at radius 2 is 2.25 bits per heavy atom. The lowest BCUT2D eigenvalue weighted by Gasteiger charge is -2.35. The first-order valence-electron chi connectivity index (χ1n) is 4.79. The van der Waals surface area contributed by atoms with Gasteiger partial charge >= 0.3 is 0 Å². The van der Waals surface area contributed by atoms with Gasteiger partial charge in [-0.1, -0.05) is 0 Å². The summed E-state index contributed by atoms with van der Waals surface area (Å²) in [6.07, 6.45) is 4.11. The summed E-state index contributed by atoms with van der Waals surface area (Å²) in [5.41, 5.74) is 6.04. The molecule has 0 spiro atoms. The molecule has 0 amide bonds. The summed E-state index contributed by atoms with van der Waals surface area (Å²) in [6, 6.07) is 0. The molecule has 3 nitrogen and oxygen atoms in total. The molecule has 1 saturated carbocycles. The van der Waals surface area contributed by atoms with Crippen LogP contribution in [0.3, 0.4) is 0 Å². The fourth-order valence-electron chi connectivity index (χ4n) is 2.50. The van der Waals surface area contributed by atoms with E-state index in [1.807, 2.05) is 6.92 Å². The molecule has 2 rings (SSSR count). The molecule has 2 N–H and O–H groups in total. The van der Waals surface area contributed by atoms with Crippen LogP contribution in [0.2, 0.25) is 0 Å². The van der Waals surface area contributed by atoms with Gasteiger partial charge in [0.15, 0.2) is 5.79 Å². The van der Waals surface area contributed by atoms with Gasteiger partial charge in [0.05, 0.1) is 12.1 Å². The Hall–Kier alpha value is -0.120. The molecule has 0 unspecified atom stereocenters. The van der Waals surface area contributed by atoms with Crippen LogP contribution in [0.25, 0.3) is 0 Å². The van der Waals surface area contributed by atoms with E-state index >= 15 is 0 Å². The van der Waals surface area contributed by atoms with E-state index in [0.29, 0.717) is 6.61 Å². The summed E-state index contributed by atoms with van der Waals surface area (Å²) < 4.78 is 11.3. The van der Waals surface area contributed by atoms with Gasteiger partial charge in [-0.25, -0.2) is 0 Å². The van der Waals surface area contributed by atoms with Crippen molar-refractivity contribution in [3.05, 3.63) is 0 Å². The quantitative estimate of drug-likeness (QED) is 0.674. The number of fused-ring (bicyclic) bond motifs is 1. The molecule has 1 saturated heterocycles. The van der Waals surface area contributed by atoms with E-state index in [0.717, 1.165) is 32.3 Å². The Labute approximate surface area is 73.2 Å². The SMILES string of the molecule is CCO[C@@]12CCC[C@]1(N)CCO2. The van der Waals surface area contributed by atoms with Gasteiger partial charge in [-0.05, 0) is 26.2 Å². The Balaban J connectivity index is 2.20. The highest BCUT2D eigenvalue weighted by Crippen LogP contribution is 2.47. The minimum atomic E-state index is -0.429. The van der Waals surface area contributed by atoms with Crippen LogP contribution in [-0.2, 0) is 9.47 Å². The largest absolute Gasteiger partial charge is 0.348 e. The second-order valence-electron chi connectivity index (χ2n) is 3.79. The van der Waals surface area contributed by atoms with E-state index in [2.05, 4.69) is 0 Å². The predicted octanol–water partition coefficient (Wildman–Crippen LogP) is 1.02. The van der Waals surface area contributed by atoms with E-state index < -0.39 is 5.79 Å². The van der Waals surface area contributed by atoms with Crippen LogP contribution in [0.1, 0.15) is 32.6 Å². The van der Waals surface area contributed by atoms with E-state index in [1.165, 1.54) is 0 Å². The zero-order chi connectivity index (χ0) is 8.66. The summed E-state index contributed by atoms with van der Waals surface area (Å²) in [6.45, 7) is 3.45. The average molecular weight is 171 g/mol. The molecule has 1 aliphatic heterocycles. The van der Waals surface area contributed by atoms with Crippen LogP contribution in [0.5, 0.6) is 0 Å². The molecule has 2 aliphatic rings. The fourth-order valence-corrected chi connectivity index (χ4v) is 2.50. The minimum absolute atomic E-state index is 0.191. The van der Waals surface area contributed by atoms with Crippen molar-refractivity contribution in [2.24, 2.45) is 5.73 Å². The van der Waals surface area contributed by atoms with Crippen molar-refractivity contribution in [3.8, 4) is 0 Å². The van der Waals surface area contributed by atoms with E-state index in [1.54, 1.807) is 0 Å². The smallest absolute Gasteiger partial charge is 0.186 e. The first kappa shape index (κ1) is 8.48. The number of hydrogen-bond acceptors (Lipinski definition) is 3. The monoisotopic (exact) mass is 171 g/mol. The summed E-state index contributed by atoms with van der Waals surface area (Å²) in [5, 5.41) is 0. The van der Waals surface area contributed by atoms with Crippen LogP contribution in [0, 0.1) is 0 Å². The van der Waals surface area contributed by atoms with Crippen molar-refractivity contribution >= 4 is 0 Å². The van der Waals surface area contributed by atoms with E-state index in [-0.39, 0.29) is 5.54 Å². The summed E-state index contributed by atoms with van der Waals surface area (Å²) in [7, 11) is 0. The van der Waals surface area contributed by atoms with E-state index in [4.69, 9.17) is 15.2 Å². The predicted molar refractivity (Wildman–Crippen MR) is 45.7 cm³/mol. The lowest BCUT2D eigenvalue weighted by Crippen LogP contribution is -2.55. The molecule has 2 fully saturated rings. The Morgan fingerprint density at radius 1 is 1.42 bits per heavy atom. The zero-order valence-electron chi connectivity index (χ0n) is 7.64. The lowest BCUT2D eigenvalue weighted by atomic mass is 9.92. The molecule has 0 bridgehead atoms. The molecule has 0 aromatic heterocycles. The minimum Gasteiger partial charge on any atom is -0.348 e. The van der Waals surface area contributed by atoms with Crippen molar-refractivity contribution in [2.75, 3.05) is 13.2 Å². The molecular formula is C9H17NO2. The van der Waals surface area contributed by atoms with Crippen LogP contribution in [0.4, 0.5) is 0 Å². The summed E-state index contributed by atoms with van der Waals surface area (Å²) in [4.78, 5) is 0. The van der Waals surface area contributed by atoms with Gasteiger partial charge in [0.25, 0.3) is 0 Å². The number of nitrogens with two attached hydrogens (primary N) is 1. The third kappa shape index (κ3) is 0.934. The van der Waals surface area contributed by atoms with Gasteiger partial charge in [0.2, 0.25) is 0 Å². The highest BCUT2D eigenvalue weighted by Gasteiger charge is 2.58. The maximum atomic E-state index is 6.24. The van der Waals surface area contributed by atoms with Gasteiger partial charge in [-0.3, -0.25) is 0 Å². The van der Waals surface area contributed by atoms with Crippen LogP contribution in [-0.4, -0.2) is 24.5 Å². The standard InChI is InChI=1S/C9H17NO2/c1-2-11-9-5-3-4-8(9,10)6-7-12-9/h2-7,10H2,1H3/t8-,9+/m0/s1. The molecule has 0 aromatic rings. The first-order chi connectivity index (χ1) is 5.72. The molecule has 2 atom stereocenters. The number of hydrogen-bond donors (Lipinski definition) is 1. The zero-order valence-corrected chi connectivity index (χ0v) is 7.64. The van der Waals surface area contributed by atoms with Crippen LogP contribution in [0.15, 0.2) is 0 Å². The van der Waals surface area contributed by atoms with Gasteiger partial charge in [0.1, 0.15) is 0 Å². The maximum Gasteiger partial charge on any atom is 0.186 e. The van der Waals surface area contributed by atoms with Gasteiger partial charge in [-0.2, -0.15) is 0 Å². The van der Waals surface area contributed by atoms with Gasteiger partial charge in [-0.15, -0.1) is 0 Å². The molecular weight excluding hydrogens is 154 g/mol. The fraction of sp³-hybridized carbons (Fsp3) is 1.00. The third-order valence-electron chi connectivity index (χ3n) is 3.15. The van der Waals surface area contributed by atoms with Crippen molar-refractivity contribution in [1.29, 1.82) is 0 Å². The first-order valence-corrected chi connectivity index (χ1v) is 4.79. The van der Waals surface area contributed by atoms with E-state index in [9.17, 15) is 0 Å². The third-order valence-corrected chi connectivity index (χ3v) is 3.15. The summed E-state index contributed by atoms with van der Waals surface area (Å²) >= 11 is 0. The highest BCUT2D eigenvalue weighted by molar-refractivity contribution is 5.07. The summed E-state index contributed by atoms with van der Waals surface area (Å²) in [5.74, 6) is -0.429. The molecule has 0 radical (unpaired) electrons. The van der Waals surface area contributed by atoms with Crippen molar-refractivity contribution in [3.63, 3.8) is 0 Å². The van der Waals surface area contributed by atoms with Crippen molar-refractivity contribution < 1.29 is 9.47 Å². The maximum absolute atomic E-state index is 6.24.